The van der Waals surface area contributed by atoms with Gasteiger partial charge in [-0.1, -0.05) is 25.5 Å². The van der Waals surface area contributed by atoms with Crippen molar-refractivity contribution in [3.05, 3.63) is 35.4 Å². The summed E-state index contributed by atoms with van der Waals surface area (Å²) >= 11 is 0. The number of carbonyl (C=O) groups excluding carboxylic acids is 1. The summed E-state index contributed by atoms with van der Waals surface area (Å²) in [6.45, 7) is 2.33. The van der Waals surface area contributed by atoms with E-state index in [2.05, 4.69) is 0 Å². The lowest BCUT2D eigenvalue weighted by atomic mass is 9.90. The van der Waals surface area contributed by atoms with Crippen molar-refractivity contribution in [2.45, 2.75) is 44.8 Å². The molecule has 1 aromatic rings. The third-order valence-corrected chi connectivity index (χ3v) is 4.18. The van der Waals surface area contributed by atoms with Gasteiger partial charge in [0.1, 0.15) is 5.54 Å². The summed E-state index contributed by atoms with van der Waals surface area (Å²) in [5.74, 6) is -1.16. The summed E-state index contributed by atoms with van der Waals surface area (Å²) < 4.78 is 0. The van der Waals surface area contributed by atoms with Gasteiger partial charge in [0.2, 0.25) is 0 Å². The van der Waals surface area contributed by atoms with Gasteiger partial charge in [0, 0.05) is 12.1 Å². The molecule has 1 heterocycles. The van der Waals surface area contributed by atoms with Crippen molar-refractivity contribution < 1.29 is 19.8 Å². The molecular formula is C16H21NO4. The molecule has 21 heavy (non-hydrogen) atoms. The second-order valence-electron chi connectivity index (χ2n) is 5.50. The first kappa shape index (κ1) is 15.5. The first-order chi connectivity index (χ1) is 10.0. The van der Waals surface area contributed by atoms with Gasteiger partial charge in [-0.2, -0.15) is 0 Å². The minimum atomic E-state index is -1.07. The van der Waals surface area contributed by atoms with Crippen LogP contribution in [-0.4, -0.2) is 39.1 Å². The van der Waals surface area contributed by atoms with Gasteiger partial charge in [0.05, 0.1) is 6.61 Å². The number of hydrogen-bond acceptors (Lipinski definition) is 3. The zero-order valence-corrected chi connectivity index (χ0v) is 12.2. The number of nitrogens with zero attached hydrogens (tertiary/aromatic N) is 1. The topological polar surface area (TPSA) is 77.8 Å². The maximum absolute atomic E-state index is 12.6. The van der Waals surface area contributed by atoms with Crippen molar-refractivity contribution in [1.29, 1.82) is 0 Å². The van der Waals surface area contributed by atoms with Crippen molar-refractivity contribution >= 4 is 11.9 Å². The number of hydrogen-bond donors (Lipinski definition) is 2. The molecule has 0 radical (unpaired) electrons. The summed E-state index contributed by atoms with van der Waals surface area (Å²) in [4.78, 5) is 25.9. The van der Waals surface area contributed by atoms with Crippen LogP contribution in [-0.2, 0) is 11.4 Å². The SMILES string of the molecule is CCCC1(C(=O)O)CCCN1C(=O)c1ccc(CO)cc1. The molecule has 1 aliphatic heterocycles. The van der Waals surface area contributed by atoms with Gasteiger partial charge in [0.15, 0.2) is 0 Å². The predicted molar refractivity (Wildman–Crippen MR) is 77.9 cm³/mol. The zero-order valence-electron chi connectivity index (χ0n) is 12.2. The van der Waals surface area contributed by atoms with E-state index in [1.165, 1.54) is 4.90 Å². The number of aliphatic hydroxyl groups excluding tert-OH is 1. The Balaban J connectivity index is 2.29. The lowest BCUT2D eigenvalue weighted by Crippen LogP contribution is -2.53. The summed E-state index contributed by atoms with van der Waals surface area (Å²) in [7, 11) is 0. The van der Waals surface area contributed by atoms with E-state index in [0.717, 1.165) is 12.0 Å². The molecule has 0 aromatic heterocycles. The molecule has 1 atom stereocenters. The summed E-state index contributed by atoms with van der Waals surface area (Å²) in [5, 5.41) is 18.6. The molecule has 0 spiro atoms. The molecule has 2 rings (SSSR count). The van der Waals surface area contributed by atoms with Crippen molar-refractivity contribution in [3.8, 4) is 0 Å². The van der Waals surface area contributed by atoms with E-state index in [0.29, 0.717) is 31.4 Å². The highest BCUT2D eigenvalue weighted by Crippen LogP contribution is 2.35. The summed E-state index contributed by atoms with van der Waals surface area (Å²) in [6, 6.07) is 6.66. The molecule has 2 N–H and O–H groups in total. The molecule has 114 valence electrons. The Bertz CT molecular complexity index is 526. The number of benzene rings is 1. The van der Waals surface area contributed by atoms with Gasteiger partial charge >= 0.3 is 5.97 Å². The molecule has 1 unspecified atom stereocenters. The van der Waals surface area contributed by atoms with E-state index in [1.54, 1.807) is 24.3 Å². The molecule has 5 nitrogen and oxygen atoms in total. The van der Waals surface area contributed by atoms with Gasteiger partial charge < -0.3 is 15.1 Å². The Kier molecular flexibility index (Phi) is 4.63. The zero-order chi connectivity index (χ0) is 15.5. The van der Waals surface area contributed by atoms with Crippen molar-refractivity contribution in [2.75, 3.05) is 6.54 Å². The molecular weight excluding hydrogens is 270 g/mol. The number of amides is 1. The maximum atomic E-state index is 12.6. The Morgan fingerprint density at radius 3 is 2.48 bits per heavy atom. The van der Waals surface area contributed by atoms with Crippen molar-refractivity contribution in [2.24, 2.45) is 0 Å². The van der Waals surface area contributed by atoms with Crippen LogP contribution in [0.2, 0.25) is 0 Å². The second kappa shape index (κ2) is 6.26. The molecule has 0 saturated carbocycles. The minimum Gasteiger partial charge on any atom is -0.479 e. The standard InChI is InChI=1S/C16H21NO4/c1-2-8-16(15(20)21)9-3-10-17(16)14(19)13-6-4-12(11-18)5-7-13/h4-7,18H,2-3,8-11H2,1H3,(H,20,21). The largest absolute Gasteiger partial charge is 0.479 e. The number of aliphatic carboxylic acids is 1. The van der Waals surface area contributed by atoms with Gasteiger partial charge in [-0.05, 0) is 37.0 Å². The van der Waals surface area contributed by atoms with Crippen LogP contribution in [0.4, 0.5) is 0 Å². The van der Waals surface area contributed by atoms with E-state index < -0.39 is 11.5 Å². The lowest BCUT2D eigenvalue weighted by Gasteiger charge is -2.34. The molecule has 0 bridgehead atoms. The van der Waals surface area contributed by atoms with E-state index in [4.69, 9.17) is 5.11 Å². The van der Waals surface area contributed by atoms with Crippen LogP contribution in [0.25, 0.3) is 0 Å². The van der Waals surface area contributed by atoms with Crippen molar-refractivity contribution in [1.82, 2.24) is 4.90 Å². The number of carboxylic acid groups (broad SMARTS) is 1. The Hall–Kier alpha value is -1.88. The second-order valence-corrected chi connectivity index (χ2v) is 5.50. The fraction of sp³-hybridized carbons (Fsp3) is 0.500. The lowest BCUT2D eigenvalue weighted by molar-refractivity contribution is -0.148. The van der Waals surface area contributed by atoms with Crippen LogP contribution in [0, 0.1) is 0 Å². The number of carbonyl (C=O) groups is 2. The fourth-order valence-electron chi connectivity index (χ4n) is 3.09. The van der Waals surface area contributed by atoms with E-state index in [-0.39, 0.29) is 12.5 Å². The van der Waals surface area contributed by atoms with E-state index in [1.807, 2.05) is 6.92 Å². The normalized spacial score (nSPS) is 21.5. The first-order valence-corrected chi connectivity index (χ1v) is 7.30. The highest BCUT2D eigenvalue weighted by molar-refractivity contribution is 5.98. The highest BCUT2D eigenvalue weighted by atomic mass is 16.4. The highest BCUT2D eigenvalue weighted by Gasteiger charge is 2.49. The number of rotatable bonds is 5. The Morgan fingerprint density at radius 1 is 1.29 bits per heavy atom. The van der Waals surface area contributed by atoms with E-state index >= 15 is 0 Å². The van der Waals surface area contributed by atoms with Crippen LogP contribution < -0.4 is 0 Å². The van der Waals surface area contributed by atoms with Gasteiger partial charge in [-0.15, -0.1) is 0 Å². The molecule has 1 amide bonds. The fourth-order valence-corrected chi connectivity index (χ4v) is 3.09. The molecule has 0 aliphatic carbocycles. The van der Waals surface area contributed by atoms with Crippen molar-refractivity contribution in [3.63, 3.8) is 0 Å². The first-order valence-electron chi connectivity index (χ1n) is 7.30. The average molecular weight is 291 g/mol. The molecule has 5 heteroatoms. The number of likely N-dealkylation sites (tertiary alicyclic amines) is 1. The predicted octanol–water partition coefficient (Wildman–Crippen LogP) is 2.04. The molecule has 1 aromatic carbocycles. The number of aliphatic hydroxyl groups is 1. The number of carboxylic acids is 1. The minimum absolute atomic E-state index is 0.0763. The quantitative estimate of drug-likeness (QED) is 0.870. The molecule has 1 saturated heterocycles. The van der Waals surface area contributed by atoms with Crippen LogP contribution in [0.1, 0.15) is 48.5 Å². The average Bonchev–Trinajstić information content (AvgIpc) is 2.92. The van der Waals surface area contributed by atoms with Crippen LogP contribution in [0.15, 0.2) is 24.3 Å². The molecule has 1 aliphatic rings. The van der Waals surface area contributed by atoms with Gasteiger partial charge in [-0.3, -0.25) is 4.79 Å². The Labute approximate surface area is 124 Å². The van der Waals surface area contributed by atoms with Crippen LogP contribution in [0.3, 0.4) is 0 Å². The Morgan fingerprint density at radius 2 is 1.95 bits per heavy atom. The maximum Gasteiger partial charge on any atom is 0.329 e. The van der Waals surface area contributed by atoms with Crippen LogP contribution >= 0.6 is 0 Å². The van der Waals surface area contributed by atoms with E-state index in [9.17, 15) is 14.7 Å². The third-order valence-electron chi connectivity index (χ3n) is 4.18. The smallest absolute Gasteiger partial charge is 0.329 e. The summed E-state index contributed by atoms with van der Waals surface area (Å²) in [6.07, 6.45) is 2.42. The van der Waals surface area contributed by atoms with Gasteiger partial charge in [-0.25, -0.2) is 4.79 Å². The molecule has 1 fully saturated rings. The van der Waals surface area contributed by atoms with Crippen LogP contribution in [0.5, 0.6) is 0 Å². The third kappa shape index (κ3) is 2.78. The van der Waals surface area contributed by atoms with Gasteiger partial charge in [0.25, 0.3) is 5.91 Å². The monoisotopic (exact) mass is 291 g/mol. The summed E-state index contributed by atoms with van der Waals surface area (Å²) in [5.41, 5.74) is 0.128.